The van der Waals surface area contributed by atoms with Gasteiger partial charge in [-0.15, -0.1) is 0 Å². The van der Waals surface area contributed by atoms with Crippen LogP contribution in [-0.4, -0.2) is 87.9 Å². The van der Waals surface area contributed by atoms with Gasteiger partial charge in [-0.25, -0.2) is 4.79 Å². The minimum Gasteiger partial charge on any atom is -0.481 e. The molecular weight excluding hydrogens is 432 g/mol. The van der Waals surface area contributed by atoms with Crippen LogP contribution >= 0.6 is 0 Å². The highest BCUT2D eigenvalue weighted by molar-refractivity contribution is 6.03. The number of nitrogens with zero attached hydrogens (tertiary/aromatic N) is 2. The first-order valence-electron chi connectivity index (χ1n) is 11.5. The van der Waals surface area contributed by atoms with Gasteiger partial charge in [0.1, 0.15) is 12.6 Å². The Morgan fingerprint density at radius 3 is 2.15 bits per heavy atom. The van der Waals surface area contributed by atoms with E-state index >= 15 is 0 Å². The number of carbonyl (C=O) groups excluding carboxylic acids is 3. The maximum absolute atomic E-state index is 13.1. The number of rotatable bonds is 13. The van der Waals surface area contributed by atoms with Gasteiger partial charge in [0, 0.05) is 13.0 Å². The summed E-state index contributed by atoms with van der Waals surface area (Å²) in [6.45, 7) is 6.42. The molecule has 3 amide bonds. The zero-order chi connectivity index (χ0) is 25.1. The fraction of sp³-hybridized carbons (Fsp3) is 0.773. The van der Waals surface area contributed by atoms with Gasteiger partial charge in [0.05, 0.1) is 12.5 Å². The summed E-state index contributed by atoms with van der Waals surface area (Å²) in [7, 11) is 0. The molecule has 1 aliphatic rings. The first-order valence-corrected chi connectivity index (χ1v) is 11.5. The molecule has 2 unspecified atom stereocenters. The lowest BCUT2D eigenvalue weighted by Crippen LogP contribution is -2.58. The monoisotopic (exact) mass is 470 g/mol. The van der Waals surface area contributed by atoms with E-state index in [2.05, 4.69) is 5.32 Å². The number of carboxylic acids is 2. The number of nitrogens with one attached hydrogen (secondary N) is 1. The lowest BCUT2D eigenvalue weighted by molar-refractivity contribution is -0.162. The van der Waals surface area contributed by atoms with E-state index in [0.29, 0.717) is 17.2 Å². The maximum Gasteiger partial charge on any atom is 0.327 e. The molecule has 1 fully saturated rings. The number of hydrogen-bond acceptors (Lipinski definition) is 7. The second-order valence-electron chi connectivity index (χ2n) is 8.83. The minimum atomic E-state index is -1.58. The minimum absolute atomic E-state index is 0.209. The average Bonchev–Trinajstić information content (AvgIpc) is 2.74. The fourth-order valence-corrected chi connectivity index (χ4v) is 4.05. The van der Waals surface area contributed by atoms with Crippen LogP contribution in [0, 0.1) is 11.8 Å². The summed E-state index contributed by atoms with van der Waals surface area (Å²) in [5, 5.41) is 21.9. The van der Waals surface area contributed by atoms with Crippen molar-refractivity contribution in [3.8, 4) is 0 Å². The van der Waals surface area contributed by atoms with Gasteiger partial charge in [-0.3, -0.25) is 24.1 Å². The van der Waals surface area contributed by atoms with Gasteiger partial charge in [0.15, 0.2) is 0 Å². The van der Waals surface area contributed by atoms with E-state index in [4.69, 9.17) is 10.8 Å². The third-order valence-electron chi connectivity index (χ3n) is 5.90. The molecule has 0 aromatic carbocycles. The molecule has 1 heterocycles. The molecule has 2 atom stereocenters. The van der Waals surface area contributed by atoms with E-state index < -0.39 is 54.7 Å². The highest BCUT2D eigenvalue weighted by Gasteiger charge is 2.40. The van der Waals surface area contributed by atoms with Crippen LogP contribution < -0.4 is 11.1 Å². The normalized spacial score (nSPS) is 16.2. The van der Waals surface area contributed by atoms with Crippen molar-refractivity contribution in [1.82, 2.24) is 15.1 Å². The third kappa shape index (κ3) is 9.09. The number of likely N-dealkylation sites (N-methyl/N-ethyl adjacent to an activating group) is 1. The predicted molar refractivity (Wildman–Crippen MR) is 120 cm³/mol. The SMILES string of the molecule is CCN(CC(=O)N(C(=O)C(N)CC(=O)O)C(C(=O)O)C(C)C)C(=O)CCCC1CCNCC1. The molecule has 0 aromatic heterocycles. The second-order valence-corrected chi connectivity index (χ2v) is 8.83. The number of nitrogens with two attached hydrogens (primary N) is 1. The molecule has 1 saturated heterocycles. The lowest BCUT2D eigenvalue weighted by Gasteiger charge is -2.33. The smallest absolute Gasteiger partial charge is 0.327 e. The summed E-state index contributed by atoms with van der Waals surface area (Å²) >= 11 is 0. The molecule has 188 valence electrons. The van der Waals surface area contributed by atoms with Crippen LogP contribution in [0.25, 0.3) is 0 Å². The lowest BCUT2D eigenvalue weighted by atomic mass is 9.92. The number of carboxylic acid groups (broad SMARTS) is 2. The van der Waals surface area contributed by atoms with Crippen LogP contribution in [0.1, 0.15) is 59.3 Å². The molecule has 1 rings (SSSR count). The average molecular weight is 471 g/mol. The van der Waals surface area contributed by atoms with E-state index in [1.807, 2.05) is 0 Å². The van der Waals surface area contributed by atoms with Crippen LogP contribution in [0.15, 0.2) is 0 Å². The molecule has 0 aliphatic carbocycles. The van der Waals surface area contributed by atoms with Crippen molar-refractivity contribution in [3.05, 3.63) is 0 Å². The number of piperidine rings is 1. The van der Waals surface area contributed by atoms with Crippen molar-refractivity contribution < 1.29 is 34.2 Å². The Hall–Kier alpha value is -2.53. The summed E-state index contributed by atoms with van der Waals surface area (Å²) in [6, 6.07) is -3.11. The standard InChI is InChI=1S/C22H38N4O7/c1-4-25(17(27)7-5-6-15-8-10-24-11-9-15)13-18(28)26(20(14(2)3)22(32)33)21(31)16(23)12-19(29)30/h14-16,20,24H,4-13,23H2,1-3H3,(H,29,30)(H,32,33). The number of imide groups is 1. The van der Waals surface area contributed by atoms with Gasteiger partial charge < -0.3 is 26.2 Å². The first-order chi connectivity index (χ1) is 15.5. The third-order valence-corrected chi connectivity index (χ3v) is 5.90. The Kier molecular flexibility index (Phi) is 12.0. The molecule has 11 nitrogen and oxygen atoms in total. The van der Waals surface area contributed by atoms with E-state index in [0.717, 1.165) is 32.4 Å². The molecule has 11 heteroatoms. The Morgan fingerprint density at radius 2 is 1.67 bits per heavy atom. The highest BCUT2D eigenvalue weighted by Crippen LogP contribution is 2.19. The van der Waals surface area contributed by atoms with E-state index in [1.165, 1.54) is 18.7 Å². The molecule has 0 aromatic rings. The first kappa shape index (κ1) is 28.5. The fourth-order valence-electron chi connectivity index (χ4n) is 4.05. The van der Waals surface area contributed by atoms with E-state index in [-0.39, 0.29) is 18.9 Å². The van der Waals surface area contributed by atoms with Gasteiger partial charge in [-0.05, 0) is 57.5 Å². The van der Waals surface area contributed by atoms with Crippen molar-refractivity contribution in [2.45, 2.75) is 71.4 Å². The number of amides is 3. The molecule has 33 heavy (non-hydrogen) atoms. The summed E-state index contributed by atoms with van der Waals surface area (Å²) in [4.78, 5) is 63.2. The van der Waals surface area contributed by atoms with Crippen LogP contribution in [-0.2, 0) is 24.0 Å². The molecule has 0 radical (unpaired) electrons. The van der Waals surface area contributed by atoms with Gasteiger partial charge >= 0.3 is 11.9 Å². The van der Waals surface area contributed by atoms with Crippen molar-refractivity contribution in [2.24, 2.45) is 17.6 Å². The zero-order valence-electron chi connectivity index (χ0n) is 19.8. The Morgan fingerprint density at radius 1 is 1.06 bits per heavy atom. The molecule has 0 saturated carbocycles. The quantitative estimate of drug-likeness (QED) is 0.295. The van der Waals surface area contributed by atoms with Crippen molar-refractivity contribution in [1.29, 1.82) is 0 Å². The Labute approximate surface area is 194 Å². The van der Waals surface area contributed by atoms with Crippen LogP contribution in [0.4, 0.5) is 0 Å². The summed E-state index contributed by atoms with van der Waals surface area (Å²) in [6.07, 6.45) is 3.25. The Bertz CT molecular complexity index is 707. The van der Waals surface area contributed by atoms with Crippen molar-refractivity contribution in [3.63, 3.8) is 0 Å². The van der Waals surface area contributed by atoms with E-state index in [9.17, 15) is 29.1 Å². The van der Waals surface area contributed by atoms with Gasteiger partial charge in [0.25, 0.3) is 0 Å². The molecule has 1 aliphatic heterocycles. The molecule has 0 spiro atoms. The molecule has 0 bridgehead atoms. The topological polar surface area (TPSA) is 170 Å². The Balaban J connectivity index is 2.90. The van der Waals surface area contributed by atoms with Gasteiger partial charge in [0.2, 0.25) is 17.7 Å². The van der Waals surface area contributed by atoms with Crippen LogP contribution in [0.2, 0.25) is 0 Å². The van der Waals surface area contributed by atoms with E-state index in [1.54, 1.807) is 6.92 Å². The van der Waals surface area contributed by atoms with Crippen LogP contribution in [0.3, 0.4) is 0 Å². The highest BCUT2D eigenvalue weighted by atomic mass is 16.4. The zero-order valence-corrected chi connectivity index (χ0v) is 19.8. The summed E-state index contributed by atoms with van der Waals surface area (Å²) in [5.41, 5.74) is 5.65. The maximum atomic E-state index is 13.1. The largest absolute Gasteiger partial charge is 0.481 e. The van der Waals surface area contributed by atoms with Gasteiger partial charge in [-0.2, -0.15) is 0 Å². The number of hydrogen-bond donors (Lipinski definition) is 4. The second kappa shape index (κ2) is 13.9. The predicted octanol–water partition coefficient (Wildman–Crippen LogP) is 0.271. The van der Waals surface area contributed by atoms with Crippen molar-refractivity contribution >= 4 is 29.7 Å². The summed E-state index contributed by atoms with van der Waals surface area (Å²) in [5.74, 6) is -5.07. The summed E-state index contributed by atoms with van der Waals surface area (Å²) < 4.78 is 0. The van der Waals surface area contributed by atoms with Gasteiger partial charge in [-0.1, -0.05) is 13.8 Å². The van der Waals surface area contributed by atoms with Crippen LogP contribution in [0.5, 0.6) is 0 Å². The molecular formula is C22H38N4O7. The molecule has 5 N–H and O–H groups in total. The van der Waals surface area contributed by atoms with Crippen molar-refractivity contribution in [2.75, 3.05) is 26.2 Å². The number of aliphatic carboxylic acids is 2. The number of carbonyl (C=O) groups is 5.